The maximum Gasteiger partial charge on any atom is 0.287 e. The lowest BCUT2D eigenvalue weighted by atomic mass is 10.0. The zero-order chi connectivity index (χ0) is 11.5. The van der Waals surface area contributed by atoms with Crippen LogP contribution in [0.1, 0.15) is 28.8 Å². The van der Waals surface area contributed by atoms with Crippen molar-refractivity contribution in [2.24, 2.45) is 5.92 Å². The number of nitrogens with one attached hydrogen (secondary N) is 2. The van der Waals surface area contributed by atoms with Gasteiger partial charge < -0.3 is 15.1 Å². The van der Waals surface area contributed by atoms with E-state index in [0.717, 1.165) is 37.4 Å². The van der Waals surface area contributed by atoms with Gasteiger partial charge in [-0.2, -0.15) is 0 Å². The lowest BCUT2D eigenvalue weighted by Crippen LogP contribution is -2.48. The van der Waals surface area contributed by atoms with Crippen LogP contribution in [0.25, 0.3) is 0 Å². The lowest BCUT2D eigenvalue weighted by molar-refractivity contribution is 0.0912. The highest BCUT2D eigenvalue weighted by molar-refractivity contribution is 5.91. The SMILES string of the molecule is CCc1oc(C(=O)NCC2CNC2)cc1C.Cl. The van der Waals surface area contributed by atoms with Crippen LogP contribution in [0.3, 0.4) is 0 Å². The molecule has 1 aliphatic heterocycles. The third-order valence-corrected chi connectivity index (χ3v) is 2.98. The summed E-state index contributed by atoms with van der Waals surface area (Å²) < 4.78 is 5.48. The van der Waals surface area contributed by atoms with Crippen molar-refractivity contribution in [2.45, 2.75) is 20.3 Å². The van der Waals surface area contributed by atoms with E-state index in [1.807, 2.05) is 19.9 Å². The van der Waals surface area contributed by atoms with Gasteiger partial charge in [0.05, 0.1) is 0 Å². The fraction of sp³-hybridized carbons (Fsp3) is 0.583. The van der Waals surface area contributed by atoms with E-state index in [4.69, 9.17) is 4.42 Å². The molecule has 0 unspecified atom stereocenters. The number of aryl methyl sites for hydroxylation is 2. The number of furan rings is 1. The van der Waals surface area contributed by atoms with Gasteiger partial charge in [0.15, 0.2) is 5.76 Å². The second-order valence-electron chi connectivity index (χ2n) is 4.30. The Morgan fingerprint density at radius 3 is 2.76 bits per heavy atom. The van der Waals surface area contributed by atoms with Crippen LogP contribution >= 0.6 is 12.4 Å². The molecule has 0 bridgehead atoms. The standard InChI is InChI=1S/C12H18N2O2.ClH/c1-3-10-8(2)4-11(16-10)12(15)14-7-9-5-13-6-9;/h4,9,13H,3,5-7H2,1-2H3,(H,14,15);1H. The minimum atomic E-state index is -0.102. The van der Waals surface area contributed by atoms with Crippen molar-refractivity contribution < 1.29 is 9.21 Å². The van der Waals surface area contributed by atoms with Crippen molar-refractivity contribution in [3.05, 3.63) is 23.2 Å². The van der Waals surface area contributed by atoms with Gasteiger partial charge in [-0.25, -0.2) is 0 Å². The van der Waals surface area contributed by atoms with E-state index in [-0.39, 0.29) is 18.3 Å². The normalized spacial score (nSPS) is 14.9. The van der Waals surface area contributed by atoms with Crippen LogP contribution in [0.4, 0.5) is 0 Å². The van der Waals surface area contributed by atoms with E-state index in [9.17, 15) is 4.79 Å². The molecular weight excluding hydrogens is 240 g/mol. The molecule has 1 aromatic rings. The number of carbonyl (C=O) groups is 1. The first kappa shape index (κ1) is 14.1. The molecule has 1 aromatic heterocycles. The zero-order valence-corrected chi connectivity index (χ0v) is 11.0. The maximum atomic E-state index is 11.7. The van der Waals surface area contributed by atoms with Crippen LogP contribution in [0, 0.1) is 12.8 Å². The third-order valence-electron chi connectivity index (χ3n) is 2.98. The summed E-state index contributed by atoms with van der Waals surface area (Å²) in [6.07, 6.45) is 0.825. The summed E-state index contributed by atoms with van der Waals surface area (Å²) in [7, 11) is 0. The quantitative estimate of drug-likeness (QED) is 0.861. The van der Waals surface area contributed by atoms with E-state index in [1.54, 1.807) is 0 Å². The van der Waals surface area contributed by atoms with Crippen LogP contribution in [0.2, 0.25) is 0 Å². The molecule has 96 valence electrons. The Morgan fingerprint density at radius 1 is 1.59 bits per heavy atom. The first-order valence-electron chi connectivity index (χ1n) is 5.79. The summed E-state index contributed by atoms with van der Waals surface area (Å²) in [5.41, 5.74) is 1.05. The second kappa shape index (κ2) is 6.07. The first-order chi connectivity index (χ1) is 7.70. The van der Waals surface area contributed by atoms with Crippen LogP contribution in [0.15, 0.2) is 10.5 Å². The van der Waals surface area contributed by atoms with Crippen molar-refractivity contribution in [3.8, 4) is 0 Å². The molecule has 0 atom stereocenters. The van der Waals surface area contributed by atoms with Gasteiger partial charge in [-0.15, -0.1) is 12.4 Å². The molecule has 0 aromatic carbocycles. The van der Waals surface area contributed by atoms with Gasteiger partial charge in [-0.3, -0.25) is 4.79 Å². The Balaban J connectivity index is 0.00000144. The second-order valence-corrected chi connectivity index (χ2v) is 4.30. The lowest BCUT2D eigenvalue weighted by Gasteiger charge is -2.26. The van der Waals surface area contributed by atoms with Gasteiger partial charge in [-0.1, -0.05) is 6.92 Å². The van der Waals surface area contributed by atoms with Crippen LogP contribution in [-0.2, 0) is 6.42 Å². The molecular formula is C12H19ClN2O2. The van der Waals surface area contributed by atoms with Crippen molar-refractivity contribution >= 4 is 18.3 Å². The summed E-state index contributed by atoms with van der Waals surface area (Å²) in [6, 6.07) is 1.81. The zero-order valence-electron chi connectivity index (χ0n) is 10.2. The highest BCUT2D eigenvalue weighted by atomic mass is 35.5. The van der Waals surface area contributed by atoms with Gasteiger partial charge >= 0.3 is 0 Å². The summed E-state index contributed by atoms with van der Waals surface area (Å²) in [4.78, 5) is 11.7. The number of rotatable bonds is 4. The molecule has 2 rings (SSSR count). The highest BCUT2D eigenvalue weighted by Gasteiger charge is 2.19. The molecule has 0 aliphatic carbocycles. The molecule has 1 fully saturated rings. The Morgan fingerprint density at radius 2 is 2.29 bits per heavy atom. The molecule has 0 saturated carbocycles. The molecule has 4 nitrogen and oxygen atoms in total. The molecule has 0 radical (unpaired) electrons. The molecule has 1 aliphatic rings. The molecule has 1 amide bonds. The topological polar surface area (TPSA) is 54.3 Å². The van der Waals surface area contributed by atoms with Gasteiger partial charge in [-0.05, 0) is 18.6 Å². The largest absolute Gasteiger partial charge is 0.456 e. The summed E-state index contributed by atoms with van der Waals surface area (Å²) in [6.45, 7) is 6.71. The molecule has 0 spiro atoms. The van der Waals surface area contributed by atoms with Gasteiger partial charge in [0, 0.05) is 32.0 Å². The van der Waals surface area contributed by atoms with Crippen molar-refractivity contribution in [1.82, 2.24) is 10.6 Å². The van der Waals surface area contributed by atoms with E-state index < -0.39 is 0 Å². The van der Waals surface area contributed by atoms with Crippen LogP contribution in [-0.4, -0.2) is 25.5 Å². The maximum absolute atomic E-state index is 11.7. The molecule has 17 heavy (non-hydrogen) atoms. The predicted molar refractivity (Wildman–Crippen MR) is 68.8 cm³/mol. The van der Waals surface area contributed by atoms with Gasteiger partial charge in [0.1, 0.15) is 5.76 Å². The van der Waals surface area contributed by atoms with Crippen molar-refractivity contribution in [2.75, 3.05) is 19.6 Å². The molecule has 2 heterocycles. The minimum Gasteiger partial charge on any atom is -0.456 e. The van der Waals surface area contributed by atoms with Crippen molar-refractivity contribution in [3.63, 3.8) is 0 Å². The monoisotopic (exact) mass is 258 g/mol. The molecule has 2 N–H and O–H groups in total. The van der Waals surface area contributed by atoms with Crippen LogP contribution < -0.4 is 10.6 Å². The fourth-order valence-electron chi connectivity index (χ4n) is 1.80. The minimum absolute atomic E-state index is 0. The number of halogens is 1. The number of hydrogen-bond donors (Lipinski definition) is 2. The van der Waals surface area contributed by atoms with E-state index >= 15 is 0 Å². The highest BCUT2D eigenvalue weighted by Crippen LogP contribution is 2.15. The number of hydrogen-bond acceptors (Lipinski definition) is 3. The third kappa shape index (κ3) is 3.23. The molecule has 1 saturated heterocycles. The Kier molecular flexibility index (Phi) is 5.02. The predicted octanol–water partition coefficient (Wildman–Crippen LogP) is 1.52. The number of carbonyl (C=O) groups excluding carboxylic acids is 1. The Labute approximate surface area is 108 Å². The smallest absolute Gasteiger partial charge is 0.287 e. The first-order valence-corrected chi connectivity index (χ1v) is 5.79. The van der Waals surface area contributed by atoms with Crippen molar-refractivity contribution in [1.29, 1.82) is 0 Å². The van der Waals surface area contributed by atoms with E-state index in [1.165, 1.54) is 0 Å². The average Bonchev–Trinajstić information content (AvgIpc) is 2.57. The number of amides is 1. The molecule has 5 heteroatoms. The average molecular weight is 259 g/mol. The Hall–Kier alpha value is -1.00. The summed E-state index contributed by atoms with van der Waals surface area (Å²) >= 11 is 0. The van der Waals surface area contributed by atoms with Gasteiger partial charge in [0.25, 0.3) is 5.91 Å². The van der Waals surface area contributed by atoms with Gasteiger partial charge in [0.2, 0.25) is 0 Å². The fourth-order valence-corrected chi connectivity index (χ4v) is 1.80. The van der Waals surface area contributed by atoms with Crippen LogP contribution in [0.5, 0.6) is 0 Å². The summed E-state index contributed by atoms with van der Waals surface area (Å²) in [5, 5.41) is 6.07. The van der Waals surface area contributed by atoms with E-state index in [0.29, 0.717) is 11.7 Å². The van der Waals surface area contributed by atoms with E-state index in [2.05, 4.69) is 10.6 Å². The Bertz CT molecular complexity index is 386. The summed E-state index contributed by atoms with van der Waals surface area (Å²) in [5.74, 6) is 1.80.